The molecule has 1 unspecified atom stereocenters. The summed E-state index contributed by atoms with van der Waals surface area (Å²) in [5, 5.41) is 0. The monoisotopic (exact) mass is 248 g/mol. The first-order valence-corrected chi connectivity index (χ1v) is 5.26. The number of hydrogen-bond acceptors (Lipinski definition) is 2. The molecule has 1 aliphatic rings. The van der Waals surface area contributed by atoms with Gasteiger partial charge in [0.15, 0.2) is 0 Å². The quantitative estimate of drug-likeness (QED) is 0.490. The molecule has 2 nitrogen and oxygen atoms in total. The van der Waals surface area contributed by atoms with E-state index in [2.05, 4.69) is 5.43 Å². The first kappa shape index (κ1) is 12.3. The molecule has 1 aromatic rings. The van der Waals surface area contributed by atoms with E-state index in [1.54, 1.807) is 0 Å². The van der Waals surface area contributed by atoms with Crippen molar-refractivity contribution in [3.8, 4) is 0 Å². The Morgan fingerprint density at radius 2 is 1.94 bits per heavy atom. The first-order valence-electron chi connectivity index (χ1n) is 5.26. The Hall–Kier alpha value is -1.14. The highest BCUT2D eigenvalue weighted by atomic mass is 19.4. The maximum absolute atomic E-state index is 13.1. The number of benzene rings is 1. The van der Waals surface area contributed by atoms with Crippen molar-refractivity contribution in [1.82, 2.24) is 5.43 Å². The summed E-state index contributed by atoms with van der Waals surface area (Å²) in [6, 6.07) is 1.85. The number of hydrogen-bond donors (Lipinski definition) is 2. The van der Waals surface area contributed by atoms with Crippen molar-refractivity contribution < 1.29 is 17.6 Å². The Morgan fingerprint density at radius 1 is 1.29 bits per heavy atom. The zero-order chi connectivity index (χ0) is 12.6. The first-order chi connectivity index (χ1) is 7.93. The van der Waals surface area contributed by atoms with Gasteiger partial charge in [0.2, 0.25) is 0 Å². The number of alkyl halides is 3. The van der Waals surface area contributed by atoms with Gasteiger partial charge >= 0.3 is 6.18 Å². The topological polar surface area (TPSA) is 38.0 Å². The van der Waals surface area contributed by atoms with E-state index < -0.39 is 23.6 Å². The molecular weight excluding hydrogens is 236 g/mol. The van der Waals surface area contributed by atoms with Crippen LogP contribution in [0.4, 0.5) is 17.6 Å². The molecule has 0 amide bonds. The summed E-state index contributed by atoms with van der Waals surface area (Å²) in [5.74, 6) is 4.64. The Morgan fingerprint density at radius 3 is 2.41 bits per heavy atom. The Balaban J connectivity index is 2.45. The third kappa shape index (κ3) is 2.58. The highest BCUT2D eigenvalue weighted by Gasteiger charge is 2.39. The van der Waals surface area contributed by atoms with Crippen molar-refractivity contribution in [1.29, 1.82) is 0 Å². The molecule has 0 aliphatic heterocycles. The summed E-state index contributed by atoms with van der Waals surface area (Å²) in [5.41, 5.74) is 1.42. The van der Waals surface area contributed by atoms with Crippen LogP contribution >= 0.6 is 0 Å². The number of nitrogens with one attached hydrogen (secondary N) is 1. The molecule has 17 heavy (non-hydrogen) atoms. The van der Waals surface area contributed by atoms with Crippen molar-refractivity contribution in [2.24, 2.45) is 11.8 Å². The van der Waals surface area contributed by atoms with Gasteiger partial charge in [0.05, 0.1) is 5.56 Å². The Kier molecular flexibility index (Phi) is 3.09. The fourth-order valence-electron chi connectivity index (χ4n) is 1.96. The molecule has 94 valence electrons. The van der Waals surface area contributed by atoms with E-state index in [4.69, 9.17) is 5.84 Å². The van der Waals surface area contributed by atoms with Crippen molar-refractivity contribution in [3.05, 3.63) is 35.1 Å². The smallest absolute Gasteiger partial charge is 0.271 e. The third-order valence-electron chi connectivity index (χ3n) is 2.93. The van der Waals surface area contributed by atoms with Gasteiger partial charge in [-0.2, -0.15) is 13.2 Å². The molecule has 0 aromatic heterocycles. The molecule has 0 heterocycles. The van der Waals surface area contributed by atoms with Crippen LogP contribution in [0.15, 0.2) is 18.2 Å². The van der Waals surface area contributed by atoms with Crippen LogP contribution in [0.2, 0.25) is 0 Å². The van der Waals surface area contributed by atoms with Gasteiger partial charge in [-0.1, -0.05) is 0 Å². The van der Waals surface area contributed by atoms with Crippen LogP contribution in [-0.2, 0) is 6.18 Å². The van der Waals surface area contributed by atoms with E-state index in [-0.39, 0.29) is 11.5 Å². The minimum atomic E-state index is -4.49. The van der Waals surface area contributed by atoms with E-state index in [1.165, 1.54) is 0 Å². The average Bonchev–Trinajstić information content (AvgIpc) is 3.01. The van der Waals surface area contributed by atoms with Crippen LogP contribution in [0, 0.1) is 11.7 Å². The van der Waals surface area contributed by atoms with Gasteiger partial charge < -0.3 is 0 Å². The third-order valence-corrected chi connectivity index (χ3v) is 2.93. The minimum Gasteiger partial charge on any atom is -0.271 e. The second-order valence-corrected chi connectivity index (χ2v) is 4.21. The normalized spacial score (nSPS) is 18.2. The molecule has 0 spiro atoms. The highest BCUT2D eigenvalue weighted by molar-refractivity contribution is 5.34. The molecule has 1 saturated carbocycles. The fraction of sp³-hybridized carbons (Fsp3) is 0.455. The van der Waals surface area contributed by atoms with E-state index in [9.17, 15) is 17.6 Å². The van der Waals surface area contributed by atoms with Crippen LogP contribution in [0.25, 0.3) is 0 Å². The summed E-state index contributed by atoms with van der Waals surface area (Å²) in [4.78, 5) is 0. The van der Waals surface area contributed by atoms with Crippen molar-refractivity contribution in [3.63, 3.8) is 0 Å². The van der Waals surface area contributed by atoms with E-state index in [0.717, 1.165) is 31.0 Å². The van der Waals surface area contributed by atoms with Crippen LogP contribution in [0.5, 0.6) is 0 Å². The highest BCUT2D eigenvalue weighted by Crippen LogP contribution is 2.44. The lowest BCUT2D eigenvalue weighted by molar-refractivity contribution is -0.138. The molecule has 1 aromatic carbocycles. The van der Waals surface area contributed by atoms with Gasteiger partial charge in [0, 0.05) is 6.04 Å². The van der Waals surface area contributed by atoms with Crippen molar-refractivity contribution in [2.75, 3.05) is 0 Å². The summed E-state index contributed by atoms with van der Waals surface area (Å²) in [7, 11) is 0. The standard InChI is InChI=1S/C11H12F4N2/c12-7-3-4-9(11(13,14)15)8(5-7)10(17-16)6-1-2-6/h3-6,10,17H,1-2,16H2. The minimum absolute atomic E-state index is 0.0582. The summed E-state index contributed by atoms with van der Waals surface area (Å²) >= 11 is 0. The Bertz CT molecular complexity index is 412. The SMILES string of the molecule is NNC(c1cc(F)ccc1C(F)(F)F)C1CC1. The van der Waals surface area contributed by atoms with Crippen molar-refractivity contribution in [2.45, 2.75) is 25.1 Å². The number of halogens is 4. The van der Waals surface area contributed by atoms with E-state index in [1.807, 2.05) is 0 Å². The average molecular weight is 248 g/mol. The summed E-state index contributed by atoms with van der Waals surface area (Å²) in [6.07, 6.45) is -2.88. The summed E-state index contributed by atoms with van der Waals surface area (Å²) in [6.45, 7) is 0. The lowest BCUT2D eigenvalue weighted by atomic mass is 9.97. The number of hydrazine groups is 1. The van der Waals surface area contributed by atoms with Gasteiger partial charge in [-0.15, -0.1) is 0 Å². The number of nitrogens with two attached hydrogens (primary N) is 1. The van der Waals surface area contributed by atoms with E-state index >= 15 is 0 Å². The van der Waals surface area contributed by atoms with Crippen molar-refractivity contribution >= 4 is 0 Å². The predicted molar refractivity (Wildman–Crippen MR) is 54.2 cm³/mol. The molecule has 0 bridgehead atoms. The van der Waals surface area contributed by atoms with Gasteiger partial charge in [-0.05, 0) is 42.5 Å². The van der Waals surface area contributed by atoms with Gasteiger partial charge in [-0.3, -0.25) is 11.3 Å². The lowest BCUT2D eigenvalue weighted by Crippen LogP contribution is -2.31. The van der Waals surface area contributed by atoms with Crippen LogP contribution in [-0.4, -0.2) is 0 Å². The molecule has 0 saturated heterocycles. The molecule has 2 rings (SSSR count). The molecule has 0 radical (unpaired) electrons. The lowest BCUT2D eigenvalue weighted by Gasteiger charge is -2.20. The Labute approximate surface area is 95.8 Å². The molecule has 1 fully saturated rings. The maximum atomic E-state index is 13.1. The van der Waals surface area contributed by atoms with Crippen LogP contribution < -0.4 is 11.3 Å². The molecule has 1 aliphatic carbocycles. The molecule has 1 atom stereocenters. The fourth-order valence-corrected chi connectivity index (χ4v) is 1.96. The van der Waals surface area contributed by atoms with Crippen LogP contribution in [0.1, 0.15) is 30.0 Å². The maximum Gasteiger partial charge on any atom is 0.416 e. The van der Waals surface area contributed by atoms with Gasteiger partial charge in [0.25, 0.3) is 0 Å². The second-order valence-electron chi connectivity index (χ2n) is 4.21. The zero-order valence-electron chi connectivity index (χ0n) is 8.89. The van der Waals surface area contributed by atoms with Gasteiger partial charge in [0.1, 0.15) is 5.82 Å². The summed E-state index contributed by atoms with van der Waals surface area (Å²) < 4.78 is 51.4. The molecule has 6 heteroatoms. The zero-order valence-corrected chi connectivity index (χ0v) is 8.89. The van der Waals surface area contributed by atoms with Crippen LogP contribution in [0.3, 0.4) is 0 Å². The largest absolute Gasteiger partial charge is 0.416 e. The second kappa shape index (κ2) is 4.27. The molecular formula is C11H12F4N2. The van der Waals surface area contributed by atoms with Gasteiger partial charge in [-0.25, -0.2) is 4.39 Å². The molecule has 3 N–H and O–H groups in total. The predicted octanol–water partition coefficient (Wildman–Crippen LogP) is 2.76. The van der Waals surface area contributed by atoms with E-state index in [0.29, 0.717) is 0 Å². The number of rotatable bonds is 3.